The monoisotopic (exact) mass is 368 g/mol. The Balaban J connectivity index is 1.57. The third-order valence-electron chi connectivity index (χ3n) is 4.98. The minimum atomic E-state index is -0.553. The highest BCUT2D eigenvalue weighted by atomic mass is 19.1. The maximum atomic E-state index is 12.9. The van der Waals surface area contributed by atoms with Crippen molar-refractivity contribution < 1.29 is 14.0 Å². The topological polar surface area (TPSA) is 49.4 Å². The molecule has 5 heteroatoms. The molecule has 2 aromatic carbocycles. The first-order valence-corrected chi connectivity index (χ1v) is 9.48. The molecule has 0 spiro atoms. The lowest BCUT2D eigenvalue weighted by Crippen LogP contribution is -2.48. The summed E-state index contributed by atoms with van der Waals surface area (Å²) >= 11 is 0. The first-order valence-electron chi connectivity index (χ1n) is 9.48. The van der Waals surface area contributed by atoms with E-state index in [9.17, 15) is 14.0 Å². The second-order valence-electron chi connectivity index (χ2n) is 6.94. The number of nitrogens with zero attached hydrogens (tertiary/aromatic N) is 1. The van der Waals surface area contributed by atoms with Crippen molar-refractivity contribution in [2.75, 3.05) is 11.4 Å². The van der Waals surface area contributed by atoms with Crippen LogP contribution in [0.3, 0.4) is 0 Å². The first kappa shape index (κ1) is 19.1. The van der Waals surface area contributed by atoms with Gasteiger partial charge in [-0.25, -0.2) is 4.39 Å². The van der Waals surface area contributed by atoms with Gasteiger partial charge < -0.3 is 5.32 Å². The molecule has 1 aliphatic rings. The Bertz CT molecular complexity index is 804. The number of carbonyl (C=O) groups excluding carboxylic acids is 2. The quantitative estimate of drug-likeness (QED) is 0.792. The van der Waals surface area contributed by atoms with Crippen molar-refractivity contribution in [3.8, 4) is 0 Å². The molecule has 0 radical (unpaired) electrons. The highest BCUT2D eigenvalue weighted by Crippen LogP contribution is 2.28. The number of carbonyl (C=O) groups is 2. The Morgan fingerprint density at radius 1 is 1.15 bits per heavy atom. The fraction of sp³-hybridized carbons (Fsp3) is 0.364. The number of amides is 2. The van der Waals surface area contributed by atoms with Crippen LogP contribution in [0.25, 0.3) is 0 Å². The van der Waals surface area contributed by atoms with Gasteiger partial charge in [0.2, 0.25) is 11.8 Å². The highest BCUT2D eigenvalue weighted by Gasteiger charge is 2.30. The number of hydrogen-bond acceptors (Lipinski definition) is 2. The maximum absolute atomic E-state index is 12.9. The Kier molecular flexibility index (Phi) is 6.22. The van der Waals surface area contributed by atoms with Gasteiger partial charge in [-0.3, -0.25) is 14.5 Å². The number of aryl methyl sites for hydroxylation is 2. The van der Waals surface area contributed by atoms with Crippen LogP contribution in [0.2, 0.25) is 0 Å². The molecule has 1 atom stereocenters. The van der Waals surface area contributed by atoms with Crippen LogP contribution in [0.5, 0.6) is 0 Å². The third kappa shape index (κ3) is 4.73. The van der Waals surface area contributed by atoms with E-state index in [4.69, 9.17) is 0 Å². The van der Waals surface area contributed by atoms with Crippen LogP contribution in [-0.4, -0.2) is 24.4 Å². The number of fused-ring (bicyclic) bond motifs is 1. The van der Waals surface area contributed by atoms with E-state index in [2.05, 4.69) is 5.32 Å². The average molecular weight is 368 g/mol. The Hall–Kier alpha value is -2.69. The zero-order valence-electron chi connectivity index (χ0n) is 15.6. The molecule has 0 aromatic heterocycles. The number of nitrogens with one attached hydrogen (secondary N) is 1. The van der Waals surface area contributed by atoms with E-state index in [0.29, 0.717) is 13.0 Å². The van der Waals surface area contributed by atoms with E-state index in [1.807, 2.05) is 24.3 Å². The van der Waals surface area contributed by atoms with Gasteiger partial charge in [0.15, 0.2) is 0 Å². The molecule has 142 valence electrons. The van der Waals surface area contributed by atoms with Crippen LogP contribution in [0.1, 0.15) is 37.3 Å². The van der Waals surface area contributed by atoms with Crippen LogP contribution in [0.4, 0.5) is 10.1 Å². The number of halogens is 1. The molecule has 0 saturated carbocycles. The van der Waals surface area contributed by atoms with E-state index >= 15 is 0 Å². The lowest BCUT2D eigenvalue weighted by molar-refractivity contribution is -0.126. The summed E-state index contributed by atoms with van der Waals surface area (Å²) in [4.78, 5) is 26.8. The Morgan fingerprint density at radius 3 is 2.67 bits per heavy atom. The summed E-state index contributed by atoms with van der Waals surface area (Å²) in [6, 6.07) is 13.6. The lowest BCUT2D eigenvalue weighted by Gasteiger charge is -2.28. The molecule has 0 fully saturated rings. The van der Waals surface area contributed by atoms with Gasteiger partial charge >= 0.3 is 0 Å². The molecule has 1 heterocycles. The van der Waals surface area contributed by atoms with Gasteiger partial charge in [0.25, 0.3) is 0 Å². The van der Waals surface area contributed by atoms with Crippen molar-refractivity contribution in [1.82, 2.24) is 5.32 Å². The molecule has 1 aliphatic heterocycles. The molecular weight excluding hydrogens is 343 g/mol. The second-order valence-corrected chi connectivity index (χ2v) is 6.94. The largest absolute Gasteiger partial charge is 0.354 e. The predicted molar refractivity (Wildman–Crippen MR) is 104 cm³/mol. The third-order valence-corrected chi connectivity index (χ3v) is 4.98. The van der Waals surface area contributed by atoms with Gasteiger partial charge in [-0.1, -0.05) is 30.3 Å². The minimum Gasteiger partial charge on any atom is -0.354 e. The summed E-state index contributed by atoms with van der Waals surface area (Å²) < 4.78 is 12.9. The molecule has 4 nitrogen and oxygen atoms in total. The molecule has 2 amide bonds. The normalized spacial score (nSPS) is 15.0. The molecule has 0 bridgehead atoms. The standard InChI is InChI=1S/C22H25FN2O2/c1-16(22(27)24-15-5-6-17-11-13-19(23)14-12-17)25-20-9-3-2-7-18(20)8-4-10-21(25)26/h2-3,7,9,11-14,16H,4-6,8,10,15H2,1H3,(H,24,27)/t16-/m0/s1. The number of rotatable bonds is 6. The summed E-state index contributed by atoms with van der Waals surface area (Å²) in [6.07, 6.45) is 3.63. The van der Waals surface area contributed by atoms with Gasteiger partial charge in [-0.05, 0) is 61.9 Å². The van der Waals surface area contributed by atoms with Crippen LogP contribution >= 0.6 is 0 Å². The van der Waals surface area contributed by atoms with Crippen LogP contribution in [0, 0.1) is 5.82 Å². The zero-order valence-corrected chi connectivity index (χ0v) is 15.6. The molecule has 1 N–H and O–H groups in total. The van der Waals surface area contributed by atoms with Crippen molar-refractivity contribution >= 4 is 17.5 Å². The van der Waals surface area contributed by atoms with Crippen molar-refractivity contribution in [1.29, 1.82) is 0 Å². The number of hydrogen-bond donors (Lipinski definition) is 1. The second kappa shape index (κ2) is 8.80. The summed E-state index contributed by atoms with van der Waals surface area (Å²) in [6.45, 7) is 2.29. The fourth-order valence-corrected chi connectivity index (χ4v) is 3.49. The van der Waals surface area contributed by atoms with Crippen LogP contribution in [-0.2, 0) is 22.4 Å². The highest BCUT2D eigenvalue weighted by molar-refractivity contribution is 6.01. The van der Waals surface area contributed by atoms with Crippen molar-refractivity contribution in [3.63, 3.8) is 0 Å². The van der Waals surface area contributed by atoms with Crippen LogP contribution < -0.4 is 10.2 Å². The molecular formula is C22H25FN2O2. The molecule has 0 aliphatic carbocycles. The minimum absolute atomic E-state index is 0.00564. The number of para-hydroxylation sites is 1. The molecule has 0 unspecified atom stereocenters. The molecule has 0 saturated heterocycles. The van der Waals surface area contributed by atoms with Gasteiger partial charge in [0.1, 0.15) is 11.9 Å². The predicted octanol–water partition coefficient (Wildman–Crippen LogP) is 3.63. The van der Waals surface area contributed by atoms with Gasteiger partial charge in [0, 0.05) is 18.7 Å². The Labute approximate surface area is 159 Å². The molecule has 2 aromatic rings. The maximum Gasteiger partial charge on any atom is 0.242 e. The van der Waals surface area contributed by atoms with E-state index in [-0.39, 0.29) is 17.6 Å². The van der Waals surface area contributed by atoms with Crippen molar-refractivity contribution in [3.05, 3.63) is 65.5 Å². The van der Waals surface area contributed by atoms with Crippen molar-refractivity contribution in [2.45, 2.75) is 45.1 Å². The van der Waals surface area contributed by atoms with Crippen molar-refractivity contribution in [2.24, 2.45) is 0 Å². The smallest absolute Gasteiger partial charge is 0.242 e. The fourth-order valence-electron chi connectivity index (χ4n) is 3.49. The average Bonchev–Trinajstić information content (AvgIpc) is 2.84. The molecule has 3 rings (SSSR count). The summed E-state index contributed by atoms with van der Waals surface area (Å²) in [7, 11) is 0. The number of benzene rings is 2. The summed E-state index contributed by atoms with van der Waals surface area (Å²) in [5.74, 6) is -0.406. The van der Waals surface area contributed by atoms with E-state index in [0.717, 1.165) is 42.5 Å². The zero-order chi connectivity index (χ0) is 19.2. The van der Waals surface area contributed by atoms with E-state index < -0.39 is 6.04 Å². The summed E-state index contributed by atoms with van der Waals surface area (Å²) in [5.41, 5.74) is 2.99. The van der Waals surface area contributed by atoms with E-state index in [1.165, 1.54) is 12.1 Å². The Morgan fingerprint density at radius 2 is 1.89 bits per heavy atom. The summed E-state index contributed by atoms with van der Waals surface area (Å²) in [5, 5.41) is 2.93. The van der Waals surface area contributed by atoms with Gasteiger partial charge in [-0.15, -0.1) is 0 Å². The first-order chi connectivity index (χ1) is 13.1. The lowest BCUT2D eigenvalue weighted by atomic mass is 10.1. The van der Waals surface area contributed by atoms with Gasteiger partial charge in [0.05, 0.1) is 0 Å². The van der Waals surface area contributed by atoms with Gasteiger partial charge in [-0.2, -0.15) is 0 Å². The van der Waals surface area contributed by atoms with E-state index in [1.54, 1.807) is 24.0 Å². The SMILES string of the molecule is C[C@@H](C(=O)NCCCc1ccc(F)cc1)N1C(=O)CCCc2ccccc21. The van der Waals surface area contributed by atoms with Crippen LogP contribution in [0.15, 0.2) is 48.5 Å². The number of anilines is 1. The molecule has 27 heavy (non-hydrogen) atoms.